The molecule has 4 rings (SSSR count). The van der Waals surface area contributed by atoms with Crippen LogP contribution in [-0.2, 0) is 16.0 Å². The van der Waals surface area contributed by atoms with Gasteiger partial charge >= 0.3 is 11.9 Å². The Bertz CT molecular complexity index is 1160. The molecule has 0 aliphatic heterocycles. The first-order chi connectivity index (χ1) is 17.0. The summed E-state index contributed by atoms with van der Waals surface area (Å²) in [5.74, 6) is -1.88. The van der Waals surface area contributed by atoms with E-state index in [2.05, 4.69) is 10.6 Å². The molecule has 0 aliphatic carbocycles. The Hall–Kier alpha value is -4.58. The molecular weight excluding hydrogens is 440 g/mol. The van der Waals surface area contributed by atoms with Crippen LogP contribution in [0, 0.1) is 0 Å². The summed E-state index contributed by atoms with van der Waals surface area (Å²) in [6, 6.07) is 31.9. The van der Waals surface area contributed by atoms with Crippen LogP contribution in [0.4, 0.5) is 11.4 Å². The zero-order valence-electron chi connectivity index (χ0n) is 19.0. The van der Waals surface area contributed by atoms with Crippen LogP contribution < -0.4 is 10.6 Å². The van der Waals surface area contributed by atoms with Gasteiger partial charge in [0.2, 0.25) is 0 Å². The Balaban J connectivity index is 1.39. The van der Waals surface area contributed by atoms with Gasteiger partial charge in [-0.05, 0) is 52.9 Å². The number of hydrogen-bond acceptors (Lipinski definition) is 4. The minimum atomic E-state index is -0.939. The molecule has 0 aliphatic rings. The molecule has 4 aromatic rings. The van der Waals surface area contributed by atoms with E-state index < -0.39 is 24.0 Å². The molecule has 0 heterocycles. The number of benzene rings is 4. The van der Waals surface area contributed by atoms with Crippen molar-refractivity contribution in [1.82, 2.24) is 0 Å². The van der Waals surface area contributed by atoms with Gasteiger partial charge in [0, 0.05) is 11.4 Å². The molecule has 2 unspecified atom stereocenters. The number of carbonyl (C=O) groups is 2. The predicted octanol–water partition coefficient (Wildman–Crippen LogP) is 5.75. The quantitative estimate of drug-likeness (QED) is 0.237. The van der Waals surface area contributed by atoms with Gasteiger partial charge in [-0.3, -0.25) is 0 Å². The van der Waals surface area contributed by atoms with E-state index in [-0.39, 0.29) is 0 Å². The zero-order chi connectivity index (χ0) is 24.6. The SMILES string of the molecule is O=C(O)C(Nc1ccc(Cc2ccc(NC(C(=O)O)c3ccccc3)cc2)cc1)c1ccccc1. The summed E-state index contributed by atoms with van der Waals surface area (Å²) in [6.07, 6.45) is 0.697. The summed E-state index contributed by atoms with van der Waals surface area (Å²) in [5.41, 5.74) is 4.99. The maximum Gasteiger partial charge on any atom is 0.330 e. The number of nitrogens with one attached hydrogen (secondary N) is 2. The van der Waals surface area contributed by atoms with Crippen LogP contribution in [0.1, 0.15) is 34.3 Å². The van der Waals surface area contributed by atoms with Gasteiger partial charge in [0.05, 0.1) is 0 Å². The van der Waals surface area contributed by atoms with Crippen LogP contribution in [0.15, 0.2) is 109 Å². The molecule has 0 radical (unpaired) electrons. The van der Waals surface area contributed by atoms with Crippen molar-refractivity contribution in [3.63, 3.8) is 0 Å². The summed E-state index contributed by atoms with van der Waals surface area (Å²) >= 11 is 0. The van der Waals surface area contributed by atoms with Gasteiger partial charge in [-0.25, -0.2) is 9.59 Å². The van der Waals surface area contributed by atoms with E-state index in [1.165, 1.54) is 0 Å². The van der Waals surface area contributed by atoms with Crippen molar-refractivity contribution in [2.75, 3.05) is 10.6 Å². The molecule has 0 saturated heterocycles. The Morgan fingerprint density at radius 1 is 0.543 bits per heavy atom. The highest BCUT2D eigenvalue weighted by Crippen LogP contribution is 2.23. The number of carboxylic acid groups (broad SMARTS) is 2. The summed E-state index contributed by atoms with van der Waals surface area (Å²) in [7, 11) is 0. The fourth-order valence-corrected chi connectivity index (χ4v) is 3.87. The number of anilines is 2. The Morgan fingerprint density at radius 3 is 1.20 bits per heavy atom. The van der Waals surface area contributed by atoms with Gasteiger partial charge in [0.1, 0.15) is 0 Å². The second-order valence-electron chi connectivity index (χ2n) is 8.22. The molecule has 6 nitrogen and oxygen atoms in total. The molecular formula is C29H26N2O4. The van der Waals surface area contributed by atoms with Crippen molar-refractivity contribution in [2.45, 2.75) is 18.5 Å². The van der Waals surface area contributed by atoms with E-state index in [1.807, 2.05) is 84.9 Å². The third-order valence-corrected chi connectivity index (χ3v) is 5.70. The van der Waals surface area contributed by atoms with Crippen LogP contribution in [0.5, 0.6) is 0 Å². The normalized spacial score (nSPS) is 12.3. The van der Waals surface area contributed by atoms with E-state index in [0.29, 0.717) is 17.5 Å². The standard InChI is InChI=1S/C29H26N2O4/c32-28(33)26(22-7-3-1-4-8-22)30-24-15-11-20(12-16-24)19-21-13-17-25(18-14-21)31-27(29(34)35)23-9-5-2-6-10-23/h1-18,26-27,30-31H,19H2,(H,32,33)(H,34,35). The van der Waals surface area contributed by atoms with Crippen molar-refractivity contribution in [3.8, 4) is 0 Å². The summed E-state index contributed by atoms with van der Waals surface area (Å²) in [4.78, 5) is 23.4. The minimum absolute atomic E-state index is 0.690. The summed E-state index contributed by atoms with van der Waals surface area (Å²) < 4.78 is 0. The average Bonchev–Trinajstić information content (AvgIpc) is 2.88. The van der Waals surface area contributed by atoms with Crippen molar-refractivity contribution >= 4 is 23.3 Å². The molecule has 0 aromatic heterocycles. The topological polar surface area (TPSA) is 98.7 Å². The van der Waals surface area contributed by atoms with Gasteiger partial charge in [-0.15, -0.1) is 0 Å². The summed E-state index contributed by atoms with van der Waals surface area (Å²) in [6.45, 7) is 0. The Labute approximate surface area is 203 Å². The van der Waals surface area contributed by atoms with Gasteiger partial charge in [-0.1, -0.05) is 84.9 Å². The van der Waals surface area contributed by atoms with Gasteiger partial charge in [0.25, 0.3) is 0 Å². The number of carboxylic acids is 2. The largest absolute Gasteiger partial charge is 0.479 e. The lowest BCUT2D eigenvalue weighted by atomic mass is 10.0. The van der Waals surface area contributed by atoms with Crippen molar-refractivity contribution in [2.24, 2.45) is 0 Å². The molecule has 0 spiro atoms. The lowest BCUT2D eigenvalue weighted by molar-refractivity contribution is -0.139. The molecule has 0 bridgehead atoms. The first-order valence-corrected chi connectivity index (χ1v) is 11.3. The molecule has 176 valence electrons. The monoisotopic (exact) mass is 466 g/mol. The molecule has 35 heavy (non-hydrogen) atoms. The Kier molecular flexibility index (Phi) is 7.43. The molecule has 2 atom stereocenters. The van der Waals surface area contributed by atoms with E-state index in [1.54, 1.807) is 24.3 Å². The van der Waals surface area contributed by atoms with Crippen molar-refractivity contribution in [3.05, 3.63) is 131 Å². The average molecular weight is 467 g/mol. The second kappa shape index (κ2) is 11.0. The fraction of sp³-hybridized carbons (Fsp3) is 0.103. The van der Waals surface area contributed by atoms with Crippen LogP contribution in [-0.4, -0.2) is 22.2 Å². The molecule has 0 saturated carbocycles. The fourth-order valence-electron chi connectivity index (χ4n) is 3.87. The number of rotatable bonds is 10. The first kappa shape index (κ1) is 23.6. The van der Waals surface area contributed by atoms with Gasteiger partial charge in [-0.2, -0.15) is 0 Å². The molecule has 6 heteroatoms. The van der Waals surface area contributed by atoms with Crippen LogP contribution in [0.2, 0.25) is 0 Å². The highest BCUT2D eigenvalue weighted by atomic mass is 16.4. The smallest absolute Gasteiger partial charge is 0.330 e. The van der Waals surface area contributed by atoms with E-state index in [4.69, 9.17) is 0 Å². The molecule has 4 aromatic carbocycles. The van der Waals surface area contributed by atoms with Crippen LogP contribution in [0.25, 0.3) is 0 Å². The zero-order valence-corrected chi connectivity index (χ0v) is 19.0. The maximum atomic E-state index is 11.7. The number of aliphatic carboxylic acids is 2. The molecule has 0 amide bonds. The molecule has 4 N–H and O–H groups in total. The van der Waals surface area contributed by atoms with Gasteiger partial charge < -0.3 is 20.8 Å². The lowest BCUT2D eigenvalue weighted by Crippen LogP contribution is -2.20. The number of hydrogen-bond donors (Lipinski definition) is 4. The maximum absolute atomic E-state index is 11.7. The Morgan fingerprint density at radius 2 is 0.886 bits per heavy atom. The lowest BCUT2D eigenvalue weighted by Gasteiger charge is -2.17. The highest BCUT2D eigenvalue weighted by molar-refractivity contribution is 5.80. The van der Waals surface area contributed by atoms with Crippen molar-refractivity contribution < 1.29 is 19.8 Å². The van der Waals surface area contributed by atoms with E-state index in [0.717, 1.165) is 22.5 Å². The molecule has 0 fully saturated rings. The third kappa shape index (κ3) is 6.26. The first-order valence-electron chi connectivity index (χ1n) is 11.3. The highest BCUT2D eigenvalue weighted by Gasteiger charge is 2.20. The van der Waals surface area contributed by atoms with E-state index in [9.17, 15) is 19.8 Å². The second-order valence-corrected chi connectivity index (χ2v) is 8.22. The third-order valence-electron chi connectivity index (χ3n) is 5.70. The van der Waals surface area contributed by atoms with Crippen LogP contribution in [0.3, 0.4) is 0 Å². The van der Waals surface area contributed by atoms with Crippen LogP contribution >= 0.6 is 0 Å². The summed E-state index contributed by atoms with van der Waals surface area (Å²) in [5, 5.41) is 25.4. The van der Waals surface area contributed by atoms with E-state index >= 15 is 0 Å². The van der Waals surface area contributed by atoms with Crippen molar-refractivity contribution in [1.29, 1.82) is 0 Å². The van der Waals surface area contributed by atoms with Gasteiger partial charge in [0.15, 0.2) is 12.1 Å². The predicted molar refractivity (Wildman–Crippen MR) is 137 cm³/mol. The minimum Gasteiger partial charge on any atom is -0.479 e.